The van der Waals surface area contributed by atoms with Crippen LogP contribution in [-0.4, -0.2) is 38.1 Å². The van der Waals surface area contributed by atoms with Crippen molar-refractivity contribution in [2.45, 2.75) is 45.8 Å². The van der Waals surface area contributed by atoms with Crippen LogP contribution >= 0.6 is 22.7 Å². The minimum Gasteiger partial charge on any atom is -0.444 e. The fourth-order valence-corrected chi connectivity index (χ4v) is 7.68. The second kappa shape index (κ2) is 8.93. The number of aromatic nitrogens is 3. The zero-order chi connectivity index (χ0) is 26.9. The molecule has 9 heteroatoms. The molecular weight excluding hydrogens is 528 g/mol. The first-order valence-corrected chi connectivity index (χ1v) is 14.7. The van der Waals surface area contributed by atoms with Crippen LogP contribution in [0.15, 0.2) is 59.3 Å². The second-order valence-corrected chi connectivity index (χ2v) is 13.5. The number of imidazole rings is 1. The highest BCUT2D eigenvalue weighted by Crippen LogP contribution is 2.43. The van der Waals surface area contributed by atoms with E-state index in [-0.39, 0.29) is 12.1 Å². The number of benzene rings is 2. The minimum atomic E-state index is -0.532. The summed E-state index contributed by atoms with van der Waals surface area (Å²) in [6.07, 6.45) is 2.06. The van der Waals surface area contributed by atoms with E-state index >= 15 is 0 Å². The molecule has 2 atom stereocenters. The van der Waals surface area contributed by atoms with Crippen molar-refractivity contribution in [3.05, 3.63) is 60.7 Å². The summed E-state index contributed by atoms with van der Waals surface area (Å²) in [5, 5.41) is 0. The van der Waals surface area contributed by atoms with Gasteiger partial charge in [-0.1, -0.05) is 13.0 Å². The second-order valence-electron chi connectivity index (χ2n) is 11.3. The summed E-state index contributed by atoms with van der Waals surface area (Å²) in [5.74, 6) is 1.20. The zero-order valence-electron chi connectivity index (χ0n) is 22.1. The molecule has 7 rings (SSSR count). The molecule has 198 valence electrons. The van der Waals surface area contributed by atoms with Crippen molar-refractivity contribution in [1.29, 1.82) is 0 Å². The van der Waals surface area contributed by atoms with Gasteiger partial charge in [0.2, 0.25) is 0 Å². The molecule has 0 radical (unpaired) electrons. The van der Waals surface area contributed by atoms with Gasteiger partial charge in [0.1, 0.15) is 16.9 Å². The van der Waals surface area contributed by atoms with Crippen LogP contribution < -0.4 is 0 Å². The minimum absolute atomic E-state index is 0.118. The number of aromatic amines is 1. The van der Waals surface area contributed by atoms with Crippen molar-refractivity contribution in [3.8, 4) is 20.9 Å². The van der Waals surface area contributed by atoms with Crippen LogP contribution in [0.2, 0.25) is 0 Å². The van der Waals surface area contributed by atoms with E-state index in [1.54, 1.807) is 22.7 Å². The Morgan fingerprint density at radius 2 is 1.72 bits per heavy atom. The Balaban J connectivity index is 1.17. The molecule has 0 bridgehead atoms. The molecular formula is C30H28N4O3S2. The molecule has 1 saturated heterocycles. The standard InChI is InChI=1S/C30H28N4O3S2/c1-16-9-22(34(14-16)29(35)37-30(2,3)4)28-32-19-7-5-17(10-20(19)33-28)24-12-26-27(38-24)13-25(39-26)18-6-8-23-21(11-18)31-15-36-23/h5-8,10-13,15-16,22H,9,14H2,1-4H3,(H,32,33)/t16-,22-/m0/s1. The fraction of sp³-hybridized carbons (Fsp3) is 0.300. The monoisotopic (exact) mass is 556 g/mol. The molecule has 6 aromatic rings. The molecule has 0 spiro atoms. The van der Waals surface area contributed by atoms with Crippen molar-refractivity contribution in [2.75, 3.05) is 6.54 Å². The van der Waals surface area contributed by atoms with Gasteiger partial charge in [-0.15, -0.1) is 22.7 Å². The van der Waals surface area contributed by atoms with Gasteiger partial charge >= 0.3 is 6.09 Å². The Morgan fingerprint density at radius 3 is 2.44 bits per heavy atom. The summed E-state index contributed by atoms with van der Waals surface area (Å²) in [4.78, 5) is 29.9. The van der Waals surface area contributed by atoms with Crippen molar-refractivity contribution in [1.82, 2.24) is 19.9 Å². The number of nitrogens with zero attached hydrogens (tertiary/aromatic N) is 3. The summed E-state index contributed by atoms with van der Waals surface area (Å²) >= 11 is 3.58. The van der Waals surface area contributed by atoms with Crippen LogP contribution in [0.4, 0.5) is 4.79 Å². The smallest absolute Gasteiger partial charge is 0.410 e. The number of ether oxygens (including phenoxy) is 1. The van der Waals surface area contributed by atoms with Gasteiger partial charge in [-0.05, 0) is 86.7 Å². The van der Waals surface area contributed by atoms with Crippen LogP contribution in [-0.2, 0) is 4.74 Å². The van der Waals surface area contributed by atoms with Gasteiger partial charge in [-0.2, -0.15) is 0 Å². The number of carbonyl (C=O) groups excluding carboxylic acids is 1. The lowest BCUT2D eigenvalue weighted by atomic mass is 10.1. The summed E-state index contributed by atoms with van der Waals surface area (Å²) in [5.41, 5.74) is 5.32. The van der Waals surface area contributed by atoms with E-state index in [1.165, 1.54) is 25.5 Å². The van der Waals surface area contributed by atoms with E-state index in [9.17, 15) is 4.79 Å². The van der Waals surface area contributed by atoms with Gasteiger partial charge in [0.15, 0.2) is 12.0 Å². The molecule has 4 aromatic heterocycles. The van der Waals surface area contributed by atoms with E-state index in [4.69, 9.17) is 14.1 Å². The quantitative estimate of drug-likeness (QED) is 0.236. The van der Waals surface area contributed by atoms with Gasteiger partial charge in [-0.3, -0.25) is 4.90 Å². The SMILES string of the molecule is C[C@H]1C[C@@H](c2nc3cc(-c4cc5sc(-c6ccc7ocnc7c6)cc5s4)ccc3[nH]2)N(C(=O)OC(C)(C)C)C1. The van der Waals surface area contributed by atoms with Crippen molar-refractivity contribution >= 4 is 60.3 Å². The summed E-state index contributed by atoms with van der Waals surface area (Å²) in [6, 6.07) is 16.9. The number of fused-ring (bicyclic) bond motifs is 3. The van der Waals surface area contributed by atoms with Crippen LogP contribution in [0, 0.1) is 5.92 Å². The van der Waals surface area contributed by atoms with Gasteiger partial charge < -0.3 is 14.1 Å². The van der Waals surface area contributed by atoms with Gasteiger partial charge in [0.05, 0.1) is 17.1 Å². The van der Waals surface area contributed by atoms with E-state index in [1.807, 2.05) is 31.7 Å². The third-order valence-corrected chi connectivity index (χ3v) is 9.45. The Labute approximate surface area is 233 Å². The highest BCUT2D eigenvalue weighted by Gasteiger charge is 2.38. The largest absolute Gasteiger partial charge is 0.444 e. The number of amides is 1. The molecule has 0 unspecified atom stereocenters. The van der Waals surface area contributed by atoms with E-state index in [0.717, 1.165) is 45.5 Å². The number of hydrogen-bond donors (Lipinski definition) is 1. The Kier molecular flexibility index (Phi) is 5.57. The first-order valence-electron chi connectivity index (χ1n) is 13.1. The van der Waals surface area contributed by atoms with Gasteiger partial charge in [0, 0.05) is 25.7 Å². The Hall–Kier alpha value is -3.69. The summed E-state index contributed by atoms with van der Waals surface area (Å²) in [6.45, 7) is 8.53. The number of carbonyl (C=O) groups is 1. The molecule has 1 fully saturated rings. The highest BCUT2D eigenvalue weighted by molar-refractivity contribution is 7.31. The summed E-state index contributed by atoms with van der Waals surface area (Å²) in [7, 11) is 0. The van der Waals surface area contributed by atoms with Crippen molar-refractivity contribution in [2.24, 2.45) is 5.92 Å². The molecule has 1 aliphatic rings. The highest BCUT2D eigenvalue weighted by atomic mass is 32.1. The number of oxazole rings is 1. The lowest BCUT2D eigenvalue weighted by Crippen LogP contribution is -2.37. The topological polar surface area (TPSA) is 84.3 Å². The number of H-pyrrole nitrogens is 1. The van der Waals surface area contributed by atoms with Crippen LogP contribution in [0.5, 0.6) is 0 Å². The molecule has 5 heterocycles. The number of rotatable bonds is 3. The lowest BCUT2D eigenvalue weighted by Gasteiger charge is -2.27. The first-order chi connectivity index (χ1) is 18.7. The van der Waals surface area contributed by atoms with Crippen molar-refractivity contribution < 1.29 is 13.9 Å². The molecule has 7 nitrogen and oxygen atoms in total. The van der Waals surface area contributed by atoms with E-state index < -0.39 is 5.60 Å². The van der Waals surface area contributed by atoms with Gasteiger partial charge in [-0.25, -0.2) is 14.8 Å². The molecule has 2 aromatic carbocycles. The zero-order valence-corrected chi connectivity index (χ0v) is 23.8. The third-order valence-electron chi connectivity index (χ3n) is 7.06. The van der Waals surface area contributed by atoms with E-state index in [0.29, 0.717) is 12.5 Å². The number of thiophene rings is 2. The molecule has 1 N–H and O–H groups in total. The lowest BCUT2D eigenvalue weighted by molar-refractivity contribution is 0.0215. The molecule has 0 saturated carbocycles. The average Bonchev–Trinajstić information content (AvgIpc) is 3.68. The predicted octanol–water partition coefficient (Wildman–Crippen LogP) is 8.63. The number of hydrogen-bond acceptors (Lipinski definition) is 7. The first kappa shape index (κ1) is 24.4. The van der Waals surface area contributed by atoms with E-state index in [2.05, 4.69) is 59.4 Å². The fourth-order valence-electron chi connectivity index (χ4n) is 5.30. The predicted molar refractivity (Wildman–Crippen MR) is 157 cm³/mol. The third kappa shape index (κ3) is 4.49. The summed E-state index contributed by atoms with van der Waals surface area (Å²) < 4.78 is 13.6. The normalized spacial score (nSPS) is 18.1. The Morgan fingerprint density at radius 1 is 1.03 bits per heavy atom. The van der Waals surface area contributed by atoms with Gasteiger partial charge in [0.25, 0.3) is 0 Å². The van der Waals surface area contributed by atoms with Crippen LogP contribution in [0.3, 0.4) is 0 Å². The number of nitrogens with one attached hydrogen (secondary N) is 1. The van der Waals surface area contributed by atoms with Crippen LogP contribution in [0.25, 0.3) is 52.4 Å². The maximum atomic E-state index is 12.9. The van der Waals surface area contributed by atoms with Crippen LogP contribution in [0.1, 0.15) is 46.0 Å². The Bertz CT molecular complexity index is 1820. The maximum Gasteiger partial charge on any atom is 0.410 e. The van der Waals surface area contributed by atoms with Crippen molar-refractivity contribution in [3.63, 3.8) is 0 Å². The molecule has 0 aliphatic carbocycles. The maximum absolute atomic E-state index is 12.9. The average molecular weight is 557 g/mol. The molecule has 1 aliphatic heterocycles. The molecule has 1 amide bonds. The number of likely N-dealkylation sites (tertiary alicyclic amines) is 1. The molecule has 39 heavy (non-hydrogen) atoms.